The molecule has 1 unspecified atom stereocenters. The predicted molar refractivity (Wildman–Crippen MR) is 162 cm³/mol. The summed E-state index contributed by atoms with van der Waals surface area (Å²) in [6.45, 7) is 10.8. The Labute approximate surface area is 245 Å². The minimum Gasteiger partial charge on any atom is -0.401 e. The number of hydrogen-bond donors (Lipinski definition) is 1. The van der Waals surface area contributed by atoms with E-state index in [2.05, 4.69) is 54.2 Å². The van der Waals surface area contributed by atoms with Gasteiger partial charge in [0.05, 0.1) is 11.9 Å². The number of nitrogens with one attached hydrogen (secondary N) is 1. The fourth-order valence-electron chi connectivity index (χ4n) is 4.64. The molecule has 214 valence electrons. The number of nitrogens with zero attached hydrogens (tertiary/aromatic N) is 5. The summed E-state index contributed by atoms with van der Waals surface area (Å²) < 4.78 is 24.2. The molecule has 1 aromatic carbocycles. The van der Waals surface area contributed by atoms with Crippen LogP contribution in [0.15, 0.2) is 61.1 Å². The topological polar surface area (TPSA) is 85.2 Å². The zero-order chi connectivity index (χ0) is 29.5. The van der Waals surface area contributed by atoms with Crippen molar-refractivity contribution in [2.24, 2.45) is 7.05 Å². The Morgan fingerprint density at radius 3 is 2.56 bits per heavy atom. The Morgan fingerprint density at radius 1 is 1.10 bits per heavy atom. The van der Waals surface area contributed by atoms with E-state index in [1.807, 2.05) is 31.3 Å². The molecule has 1 aliphatic rings. The Bertz CT molecular complexity index is 1600. The van der Waals surface area contributed by atoms with Gasteiger partial charge in [0.1, 0.15) is 22.6 Å². The molecule has 0 spiro atoms. The van der Waals surface area contributed by atoms with Crippen molar-refractivity contribution < 1.29 is 13.6 Å². The molecule has 4 aromatic rings. The van der Waals surface area contributed by atoms with Gasteiger partial charge < -0.3 is 14.6 Å². The van der Waals surface area contributed by atoms with Gasteiger partial charge in [0.25, 0.3) is 5.91 Å². The summed E-state index contributed by atoms with van der Waals surface area (Å²) in [6, 6.07) is 12.4. The van der Waals surface area contributed by atoms with Crippen LogP contribution < -0.4 is 10.2 Å². The van der Waals surface area contributed by atoms with E-state index in [4.69, 9.17) is 16.0 Å². The molecular formula is C30H34ClFN6O2Si. The first kappa shape index (κ1) is 28.9. The highest BCUT2D eigenvalue weighted by atomic mass is 35.5. The SMILES string of the molecule is Cn1nccc1Nc1cc(-c2cc(F)c3c(c2)CCN3C(=O)C(O[Si](C)(C)C(C)(C)C)c2cccnc2Cl)ccn1. The quantitative estimate of drug-likeness (QED) is 0.183. The summed E-state index contributed by atoms with van der Waals surface area (Å²) in [5, 5.41) is 7.44. The summed E-state index contributed by atoms with van der Waals surface area (Å²) in [6.07, 6.45) is 4.46. The van der Waals surface area contributed by atoms with Gasteiger partial charge in [0.15, 0.2) is 14.4 Å². The summed E-state index contributed by atoms with van der Waals surface area (Å²) in [5.74, 6) is 0.585. The van der Waals surface area contributed by atoms with E-state index in [0.717, 1.165) is 16.9 Å². The number of aryl methyl sites for hydroxylation is 1. The van der Waals surface area contributed by atoms with Gasteiger partial charge in [0, 0.05) is 37.6 Å². The number of aromatic nitrogens is 4. The maximum atomic E-state index is 15.9. The second-order valence-electron chi connectivity index (χ2n) is 11.7. The fourth-order valence-corrected chi connectivity index (χ4v) is 6.03. The first-order valence-electron chi connectivity index (χ1n) is 13.5. The number of benzene rings is 1. The number of fused-ring (bicyclic) bond motifs is 1. The molecule has 0 radical (unpaired) electrons. The highest BCUT2D eigenvalue weighted by Crippen LogP contribution is 2.43. The van der Waals surface area contributed by atoms with Gasteiger partial charge in [-0.1, -0.05) is 38.4 Å². The number of anilines is 3. The molecule has 0 fully saturated rings. The number of carbonyl (C=O) groups is 1. The molecule has 8 nitrogen and oxygen atoms in total. The van der Waals surface area contributed by atoms with E-state index >= 15 is 4.39 Å². The van der Waals surface area contributed by atoms with Crippen LogP contribution in [0.2, 0.25) is 23.3 Å². The first-order valence-corrected chi connectivity index (χ1v) is 16.8. The largest absolute Gasteiger partial charge is 0.401 e. The second kappa shape index (κ2) is 11.0. The van der Waals surface area contributed by atoms with Gasteiger partial charge in [-0.05, 0) is 71.6 Å². The highest BCUT2D eigenvalue weighted by molar-refractivity contribution is 6.74. The van der Waals surface area contributed by atoms with Crippen LogP contribution >= 0.6 is 11.6 Å². The first-order chi connectivity index (χ1) is 19.4. The molecule has 1 amide bonds. The van der Waals surface area contributed by atoms with Crippen LogP contribution in [0, 0.1) is 5.82 Å². The minimum absolute atomic E-state index is 0.154. The van der Waals surface area contributed by atoms with Crippen LogP contribution in [0.1, 0.15) is 38.0 Å². The van der Waals surface area contributed by atoms with Crippen molar-refractivity contribution >= 4 is 43.1 Å². The fraction of sp³-hybridized carbons (Fsp3) is 0.333. The van der Waals surface area contributed by atoms with E-state index in [1.54, 1.807) is 35.4 Å². The Hall–Kier alpha value is -3.60. The molecule has 3 aromatic heterocycles. The number of amides is 1. The molecular weight excluding hydrogens is 559 g/mol. The van der Waals surface area contributed by atoms with Gasteiger partial charge in [-0.3, -0.25) is 9.48 Å². The normalized spacial score (nSPS) is 14.2. The Balaban J connectivity index is 1.47. The lowest BCUT2D eigenvalue weighted by Gasteiger charge is -2.39. The van der Waals surface area contributed by atoms with Crippen molar-refractivity contribution in [2.75, 3.05) is 16.8 Å². The molecule has 0 aliphatic carbocycles. The summed E-state index contributed by atoms with van der Waals surface area (Å²) >= 11 is 6.46. The van der Waals surface area contributed by atoms with E-state index < -0.39 is 20.2 Å². The zero-order valence-corrected chi connectivity index (χ0v) is 25.8. The van der Waals surface area contributed by atoms with Crippen LogP contribution in [0.3, 0.4) is 0 Å². The van der Waals surface area contributed by atoms with E-state index in [1.165, 1.54) is 11.0 Å². The minimum atomic E-state index is -2.42. The monoisotopic (exact) mass is 592 g/mol. The van der Waals surface area contributed by atoms with Gasteiger partial charge in [-0.2, -0.15) is 5.10 Å². The lowest BCUT2D eigenvalue weighted by atomic mass is 10.0. The van der Waals surface area contributed by atoms with Gasteiger partial charge in [-0.15, -0.1) is 0 Å². The molecule has 5 rings (SSSR count). The lowest BCUT2D eigenvalue weighted by Crippen LogP contribution is -2.46. The lowest BCUT2D eigenvalue weighted by molar-refractivity contribution is -0.126. The maximum Gasteiger partial charge on any atom is 0.259 e. The van der Waals surface area contributed by atoms with Gasteiger partial charge >= 0.3 is 0 Å². The van der Waals surface area contributed by atoms with Crippen LogP contribution in [0.4, 0.5) is 21.7 Å². The zero-order valence-electron chi connectivity index (χ0n) is 24.1. The van der Waals surface area contributed by atoms with Gasteiger partial charge in [0.2, 0.25) is 0 Å². The number of pyridine rings is 2. The number of halogens is 2. The molecule has 41 heavy (non-hydrogen) atoms. The van der Waals surface area contributed by atoms with Crippen molar-refractivity contribution in [1.82, 2.24) is 19.7 Å². The average molecular weight is 593 g/mol. The highest BCUT2D eigenvalue weighted by Gasteiger charge is 2.44. The summed E-state index contributed by atoms with van der Waals surface area (Å²) in [5.41, 5.74) is 3.03. The third-order valence-electron chi connectivity index (χ3n) is 7.97. The molecule has 0 bridgehead atoms. The standard InChI is InChI=1S/C30H34ClFN6O2Si/c1-30(2,3)41(5,6)40-27(22-8-7-12-34-28(22)31)29(39)38-15-11-20-16-21(17-23(32)26(20)38)19-9-13-33-24(18-19)36-25-10-14-35-37(25)4/h7-10,12-14,16-18,27H,11,15H2,1-6H3,(H,33,36). The molecule has 4 heterocycles. The molecule has 1 N–H and O–H groups in total. The van der Waals surface area contributed by atoms with Crippen molar-refractivity contribution in [3.05, 3.63) is 83.2 Å². The van der Waals surface area contributed by atoms with Crippen molar-refractivity contribution in [1.29, 1.82) is 0 Å². The predicted octanol–water partition coefficient (Wildman–Crippen LogP) is 7.07. The van der Waals surface area contributed by atoms with Crippen molar-refractivity contribution in [2.45, 2.75) is 51.4 Å². The van der Waals surface area contributed by atoms with Crippen LogP contribution in [-0.4, -0.2) is 40.5 Å². The smallest absolute Gasteiger partial charge is 0.259 e. The van der Waals surface area contributed by atoms with Crippen LogP contribution in [0.5, 0.6) is 0 Å². The van der Waals surface area contributed by atoms with Crippen LogP contribution in [0.25, 0.3) is 11.1 Å². The maximum absolute atomic E-state index is 15.9. The van der Waals surface area contributed by atoms with E-state index in [9.17, 15) is 4.79 Å². The Morgan fingerprint density at radius 2 is 1.88 bits per heavy atom. The Kier molecular flexibility index (Phi) is 7.75. The third kappa shape index (κ3) is 5.77. The average Bonchev–Trinajstić information content (AvgIpc) is 3.53. The molecule has 1 aliphatic heterocycles. The van der Waals surface area contributed by atoms with Gasteiger partial charge in [-0.25, -0.2) is 14.4 Å². The molecule has 1 atom stereocenters. The molecule has 0 saturated carbocycles. The summed E-state index contributed by atoms with van der Waals surface area (Å²) in [7, 11) is -0.591. The van der Waals surface area contributed by atoms with Crippen molar-refractivity contribution in [3.63, 3.8) is 0 Å². The van der Waals surface area contributed by atoms with Crippen LogP contribution in [-0.2, 0) is 22.7 Å². The number of rotatable bonds is 7. The molecule has 11 heteroatoms. The third-order valence-corrected chi connectivity index (χ3v) is 12.7. The van der Waals surface area contributed by atoms with E-state index in [-0.39, 0.29) is 21.8 Å². The van der Waals surface area contributed by atoms with E-state index in [0.29, 0.717) is 29.9 Å². The number of carbonyl (C=O) groups excluding carboxylic acids is 1. The number of hydrogen-bond acceptors (Lipinski definition) is 6. The van der Waals surface area contributed by atoms with Crippen molar-refractivity contribution in [3.8, 4) is 11.1 Å². The second-order valence-corrected chi connectivity index (χ2v) is 16.9. The molecule has 0 saturated heterocycles. The summed E-state index contributed by atoms with van der Waals surface area (Å²) in [4.78, 5) is 24.2.